The molecule has 0 aliphatic rings. The van der Waals surface area contributed by atoms with Gasteiger partial charge in [-0.3, -0.25) is 4.79 Å². The molecule has 1 amide bonds. The van der Waals surface area contributed by atoms with E-state index in [4.69, 9.17) is 34.8 Å². The van der Waals surface area contributed by atoms with E-state index in [2.05, 4.69) is 5.32 Å². The number of likely N-dealkylation sites (N-methyl/N-ethyl adjacent to an activating group) is 1. The summed E-state index contributed by atoms with van der Waals surface area (Å²) >= 11 is 18.1. The first-order valence-electron chi connectivity index (χ1n) is 7.15. The summed E-state index contributed by atoms with van der Waals surface area (Å²) < 4.78 is 26.9. The Labute approximate surface area is 161 Å². The van der Waals surface area contributed by atoms with Gasteiger partial charge in [-0.2, -0.15) is 4.31 Å². The van der Waals surface area contributed by atoms with Crippen molar-refractivity contribution in [3.8, 4) is 0 Å². The van der Waals surface area contributed by atoms with Crippen molar-refractivity contribution in [2.24, 2.45) is 0 Å². The molecule has 9 heteroatoms. The molecule has 0 spiro atoms. The van der Waals surface area contributed by atoms with Crippen molar-refractivity contribution in [3.05, 3.63) is 63.1 Å². The van der Waals surface area contributed by atoms with Crippen LogP contribution in [-0.2, 0) is 21.4 Å². The van der Waals surface area contributed by atoms with Crippen LogP contribution in [0.2, 0.25) is 15.1 Å². The van der Waals surface area contributed by atoms with Gasteiger partial charge in [-0.15, -0.1) is 0 Å². The number of nitrogens with zero attached hydrogens (tertiary/aromatic N) is 1. The van der Waals surface area contributed by atoms with E-state index in [9.17, 15) is 13.2 Å². The van der Waals surface area contributed by atoms with Crippen molar-refractivity contribution in [2.45, 2.75) is 11.4 Å². The maximum atomic E-state index is 12.9. The van der Waals surface area contributed by atoms with Gasteiger partial charge < -0.3 is 5.32 Å². The summed E-state index contributed by atoms with van der Waals surface area (Å²) in [6, 6.07) is 10.6. The monoisotopic (exact) mass is 420 g/mol. The summed E-state index contributed by atoms with van der Waals surface area (Å²) in [5.41, 5.74) is 0.423. The molecule has 0 fully saturated rings. The standard InChI is InChI=1S/C16H15Cl3N2O3S/c1-20-16(22)10-21(9-13-14(18)3-2-4-15(13)19)25(23,24)12-7-5-11(17)6-8-12/h2-8H,9-10H2,1H3,(H,20,22). The number of carbonyl (C=O) groups excluding carboxylic acids is 1. The smallest absolute Gasteiger partial charge is 0.243 e. The van der Waals surface area contributed by atoms with Gasteiger partial charge in [-0.1, -0.05) is 40.9 Å². The number of amides is 1. The van der Waals surface area contributed by atoms with Crippen LogP contribution in [-0.4, -0.2) is 32.2 Å². The lowest BCUT2D eigenvalue weighted by Gasteiger charge is -2.22. The SMILES string of the molecule is CNC(=O)CN(Cc1c(Cl)cccc1Cl)S(=O)(=O)c1ccc(Cl)cc1. The maximum Gasteiger partial charge on any atom is 0.243 e. The van der Waals surface area contributed by atoms with Gasteiger partial charge >= 0.3 is 0 Å². The minimum Gasteiger partial charge on any atom is -0.358 e. The van der Waals surface area contributed by atoms with Crippen molar-refractivity contribution in [1.82, 2.24) is 9.62 Å². The van der Waals surface area contributed by atoms with Crippen LogP contribution < -0.4 is 5.32 Å². The highest BCUT2D eigenvalue weighted by Gasteiger charge is 2.28. The average Bonchev–Trinajstić information content (AvgIpc) is 2.57. The Bertz CT molecular complexity index is 850. The molecule has 0 saturated carbocycles. The number of sulfonamides is 1. The van der Waals surface area contributed by atoms with Crippen LogP contribution in [0.4, 0.5) is 0 Å². The van der Waals surface area contributed by atoms with Crippen molar-refractivity contribution in [3.63, 3.8) is 0 Å². The van der Waals surface area contributed by atoms with E-state index in [0.29, 0.717) is 20.6 Å². The van der Waals surface area contributed by atoms with Crippen LogP contribution >= 0.6 is 34.8 Å². The van der Waals surface area contributed by atoms with Crippen LogP contribution in [0.25, 0.3) is 0 Å². The third-order valence-electron chi connectivity index (χ3n) is 3.45. The number of halogens is 3. The minimum atomic E-state index is -3.96. The van der Waals surface area contributed by atoms with Crippen LogP contribution in [0.3, 0.4) is 0 Å². The maximum absolute atomic E-state index is 12.9. The van der Waals surface area contributed by atoms with E-state index in [-0.39, 0.29) is 18.0 Å². The number of carbonyl (C=O) groups is 1. The normalized spacial score (nSPS) is 11.6. The number of hydrogen-bond donors (Lipinski definition) is 1. The molecule has 0 bridgehead atoms. The van der Waals surface area contributed by atoms with Crippen LogP contribution in [0, 0.1) is 0 Å². The molecular weight excluding hydrogens is 407 g/mol. The zero-order chi connectivity index (χ0) is 18.6. The predicted molar refractivity (Wildman–Crippen MR) is 99.6 cm³/mol. The Morgan fingerprint density at radius 1 is 1.04 bits per heavy atom. The highest BCUT2D eigenvalue weighted by molar-refractivity contribution is 7.89. The molecule has 2 rings (SSSR count). The van der Waals surface area contributed by atoms with Crippen molar-refractivity contribution in [1.29, 1.82) is 0 Å². The van der Waals surface area contributed by atoms with Gasteiger partial charge in [0.05, 0.1) is 11.4 Å². The number of hydrogen-bond acceptors (Lipinski definition) is 3. The second-order valence-electron chi connectivity index (χ2n) is 5.10. The first kappa shape index (κ1) is 20.0. The molecule has 2 aromatic rings. The Balaban J connectivity index is 2.45. The fourth-order valence-corrected chi connectivity index (χ4v) is 4.09. The molecule has 5 nitrogen and oxygen atoms in total. The quantitative estimate of drug-likeness (QED) is 0.775. The van der Waals surface area contributed by atoms with Gasteiger partial charge in [0.25, 0.3) is 0 Å². The molecule has 0 saturated heterocycles. The summed E-state index contributed by atoms with van der Waals surface area (Å²) in [5, 5.41) is 3.46. The van der Waals surface area contributed by atoms with Crippen LogP contribution in [0.15, 0.2) is 47.4 Å². The number of benzene rings is 2. The molecule has 0 heterocycles. The van der Waals surface area contributed by atoms with Crippen molar-refractivity contribution >= 4 is 50.7 Å². The van der Waals surface area contributed by atoms with Crippen molar-refractivity contribution in [2.75, 3.05) is 13.6 Å². The minimum absolute atomic E-state index is 0.0176. The zero-order valence-corrected chi connectivity index (χ0v) is 16.3. The van der Waals surface area contributed by atoms with Gasteiger partial charge in [0.2, 0.25) is 15.9 Å². The average molecular weight is 422 g/mol. The topological polar surface area (TPSA) is 66.5 Å². The molecule has 2 aromatic carbocycles. The van der Waals surface area contributed by atoms with E-state index in [1.807, 2.05) is 0 Å². The fourth-order valence-electron chi connectivity index (χ4n) is 2.08. The summed E-state index contributed by atoms with van der Waals surface area (Å²) in [6.45, 7) is -0.514. The Hall–Kier alpha value is -1.31. The van der Waals surface area contributed by atoms with E-state index in [1.165, 1.54) is 31.3 Å². The Morgan fingerprint density at radius 2 is 1.60 bits per heavy atom. The second kappa shape index (κ2) is 8.38. The van der Waals surface area contributed by atoms with Gasteiger partial charge in [-0.05, 0) is 36.4 Å². The Kier molecular flexibility index (Phi) is 6.71. The second-order valence-corrected chi connectivity index (χ2v) is 8.29. The summed E-state index contributed by atoms with van der Waals surface area (Å²) in [4.78, 5) is 11.8. The first-order valence-corrected chi connectivity index (χ1v) is 9.72. The zero-order valence-electron chi connectivity index (χ0n) is 13.2. The van der Waals surface area contributed by atoms with Crippen LogP contribution in [0.1, 0.15) is 5.56 Å². The molecular formula is C16H15Cl3N2O3S. The lowest BCUT2D eigenvalue weighted by molar-refractivity contribution is -0.120. The van der Waals surface area contributed by atoms with E-state index < -0.39 is 15.9 Å². The van der Waals surface area contributed by atoms with Gasteiger partial charge in [0.1, 0.15) is 0 Å². The highest BCUT2D eigenvalue weighted by Crippen LogP contribution is 2.28. The lowest BCUT2D eigenvalue weighted by atomic mass is 10.2. The third-order valence-corrected chi connectivity index (χ3v) is 6.21. The molecule has 25 heavy (non-hydrogen) atoms. The molecule has 134 valence electrons. The fraction of sp³-hybridized carbons (Fsp3) is 0.188. The van der Waals surface area contributed by atoms with Crippen molar-refractivity contribution < 1.29 is 13.2 Å². The summed E-state index contributed by atoms with van der Waals surface area (Å²) in [5.74, 6) is -0.458. The highest BCUT2D eigenvalue weighted by atomic mass is 35.5. The van der Waals surface area contributed by atoms with Gasteiger partial charge in [0, 0.05) is 34.2 Å². The summed E-state index contributed by atoms with van der Waals surface area (Å²) in [6.07, 6.45) is 0. The molecule has 0 aliphatic carbocycles. The molecule has 0 unspecified atom stereocenters. The molecule has 0 aliphatic heterocycles. The number of rotatable bonds is 6. The molecule has 0 atom stereocenters. The van der Waals surface area contributed by atoms with E-state index in [0.717, 1.165) is 4.31 Å². The lowest BCUT2D eigenvalue weighted by Crippen LogP contribution is -2.39. The largest absolute Gasteiger partial charge is 0.358 e. The van der Waals surface area contributed by atoms with E-state index >= 15 is 0 Å². The molecule has 0 radical (unpaired) electrons. The van der Waals surface area contributed by atoms with E-state index in [1.54, 1.807) is 18.2 Å². The first-order chi connectivity index (χ1) is 11.8. The molecule has 1 N–H and O–H groups in total. The van der Waals surface area contributed by atoms with Crippen LogP contribution in [0.5, 0.6) is 0 Å². The summed E-state index contributed by atoms with van der Waals surface area (Å²) in [7, 11) is -2.53. The van der Waals surface area contributed by atoms with Gasteiger partial charge in [-0.25, -0.2) is 8.42 Å². The third kappa shape index (κ3) is 4.86. The predicted octanol–water partition coefficient (Wildman–Crippen LogP) is 3.58. The number of nitrogens with one attached hydrogen (secondary N) is 1. The van der Waals surface area contributed by atoms with Gasteiger partial charge in [0.15, 0.2) is 0 Å². The Morgan fingerprint density at radius 3 is 2.12 bits per heavy atom. The molecule has 0 aromatic heterocycles.